The second kappa shape index (κ2) is 5.98. The smallest absolute Gasteiger partial charge is 0.292 e. The summed E-state index contributed by atoms with van der Waals surface area (Å²) in [5, 5.41) is -0.915. The van der Waals surface area contributed by atoms with Crippen LogP contribution in [0.4, 0.5) is 0 Å². The van der Waals surface area contributed by atoms with E-state index >= 15 is 0 Å². The van der Waals surface area contributed by atoms with Gasteiger partial charge in [0, 0.05) is 13.1 Å². The fraction of sp³-hybridized carbons (Fsp3) is 0.385. The zero-order valence-electron chi connectivity index (χ0n) is 9.84. The van der Waals surface area contributed by atoms with E-state index in [1.54, 1.807) is 24.3 Å². The van der Waals surface area contributed by atoms with E-state index in [-0.39, 0.29) is 0 Å². The molecule has 0 N–H and O–H groups in total. The number of Topliss-reactive ketones (excluding diaryl/α,β-unsaturated/α-hetero) is 1. The van der Waals surface area contributed by atoms with Gasteiger partial charge in [-0.2, -0.15) is 0 Å². The topological polar surface area (TPSA) is 46.6 Å². The van der Waals surface area contributed by atoms with Crippen molar-refractivity contribution >= 4 is 23.3 Å². The predicted octanol–water partition coefficient (Wildman–Crippen LogP) is 1.39. The van der Waals surface area contributed by atoms with Gasteiger partial charge in [0.15, 0.2) is 0 Å². The van der Waals surface area contributed by atoms with Crippen molar-refractivity contribution in [3.05, 3.63) is 35.9 Å². The van der Waals surface area contributed by atoms with E-state index in [0.717, 1.165) is 0 Å². The summed E-state index contributed by atoms with van der Waals surface area (Å²) in [6.45, 7) is 1.83. The molecule has 1 amide bonds. The predicted molar refractivity (Wildman–Crippen MR) is 67.4 cm³/mol. The standard InChI is InChI=1S/C13H14ClNO3/c14-11(10-4-2-1-3-5-10)12(16)13(17)15-6-8-18-9-7-15/h1-5,11H,6-9H2. The van der Waals surface area contributed by atoms with E-state index < -0.39 is 17.1 Å². The molecule has 1 fully saturated rings. The Balaban J connectivity index is 2.04. The molecule has 1 aliphatic heterocycles. The van der Waals surface area contributed by atoms with Crippen molar-refractivity contribution in [2.24, 2.45) is 0 Å². The minimum atomic E-state index is -0.915. The molecule has 0 saturated carbocycles. The zero-order chi connectivity index (χ0) is 13.0. The van der Waals surface area contributed by atoms with E-state index in [4.69, 9.17) is 16.3 Å². The van der Waals surface area contributed by atoms with Gasteiger partial charge in [0.25, 0.3) is 5.91 Å². The van der Waals surface area contributed by atoms with Gasteiger partial charge in [-0.15, -0.1) is 11.6 Å². The van der Waals surface area contributed by atoms with Gasteiger partial charge >= 0.3 is 0 Å². The van der Waals surface area contributed by atoms with Crippen molar-refractivity contribution in [2.75, 3.05) is 26.3 Å². The lowest BCUT2D eigenvalue weighted by Gasteiger charge is -2.26. The van der Waals surface area contributed by atoms with Crippen molar-refractivity contribution in [1.82, 2.24) is 4.90 Å². The van der Waals surface area contributed by atoms with Crippen molar-refractivity contribution in [3.63, 3.8) is 0 Å². The molecule has 0 bridgehead atoms. The molecule has 1 atom stereocenters. The Kier molecular flexibility index (Phi) is 4.33. The van der Waals surface area contributed by atoms with Gasteiger partial charge in [-0.25, -0.2) is 0 Å². The summed E-state index contributed by atoms with van der Waals surface area (Å²) in [5.74, 6) is -1.10. The minimum absolute atomic E-state index is 0.447. The molecule has 1 aliphatic rings. The van der Waals surface area contributed by atoms with Gasteiger partial charge in [0.2, 0.25) is 5.78 Å². The van der Waals surface area contributed by atoms with Crippen LogP contribution < -0.4 is 0 Å². The number of carbonyl (C=O) groups is 2. The number of hydrogen-bond donors (Lipinski definition) is 0. The number of morpholine rings is 1. The maximum atomic E-state index is 12.0. The molecule has 0 aliphatic carbocycles. The average molecular weight is 268 g/mol. The van der Waals surface area contributed by atoms with E-state index in [1.165, 1.54) is 4.90 Å². The number of ketones is 1. The molecular formula is C13H14ClNO3. The molecule has 96 valence electrons. The normalized spacial score (nSPS) is 17.3. The highest BCUT2D eigenvalue weighted by Gasteiger charge is 2.29. The molecule has 0 spiro atoms. The molecule has 1 saturated heterocycles. The van der Waals surface area contributed by atoms with Crippen molar-refractivity contribution in [2.45, 2.75) is 5.38 Å². The van der Waals surface area contributed by atoms with Gasteiger partial charge in [0.1, 0.15) is 5.38 Å². The van der Waals surface area contributed by atoms with E-state index in [2.05, 4.69) is 0 Å². The number of rotatable bonds is 3. The van der Waals surface area contributed by atoms with Gasteiger partial charge < -0.3 is 9.64 Å². The second-order valence-electron chi connectivity index (χ2n) is 4.04. The fourth-order valence-corrected chi connectivity index (χ4v) is 2.04. The number of nitrogens with zero attached hydrogens (tertiary/aromatic N) is 1. The first kappa shape index (κ1) is 13.1. The van der Waals surface area contributed by atoms with Gasteiger partial charge in [0.05, 0.1) is 13.2 Å². The summed E-state index contributed by atoms with van der Waals surface area (Å²) < 4.78 is 5.14. The van der Waals surface area contributed by atoms with Crippen molar-refractivity contribution < 1.29 is 14.3 Å². The lowest BCUT2D eigenvalue weighted by atomic mass is 10.1. The summed E-state index contributed by atoms with van der Waals surface area (Å²) in [7, 11) is 0. The van der Waals surface area contributed by atoms with Crippen LogP contribution in [0.1, 0.15) is 10.9 Å². The number of alkyl halides is 1. The number of amides is 1. The first-order chi connectivity index (χ1) is 8.70. The molecule has 1 unspecified atom stereocenters. The molecule has 1 aromatic rings. The van der Waals surface area contributed by atoms with Crippen LogP contribution in [0, 0.1) is 0 Å². The summed E-state index contributed by atoms with van der Waals surface area (Å²) in [5.41, 5.74) is 0.644. The minimum Gasteiger partial charge on any atom is -0.378 e. The molecule has 0 radical (unpaired) electrons. The van der Waals surface area contributed by atoms with Gasteiger partial charge in [-0.1, -0.05) is 30.3 Å². The lowest BCUT2D eigenvalue weighted by Crippen LogP contribution is -2.44. The third-order valence-corrected chi connectivity index (χ3v) is 3.28. The van der Waals surface area contributed by atoms with E-state index in [1.807, 2.05) is 6.07 Å². The summed E-state index contributed by atoms with van der Waals surface area (Å²) in [6, 6.07) is 8.89. The largest absolute Gasteiger partial charge is 0.378 e. The van der Waals surface area contributed by atoms with Crippen LogP contribution in [0.25, 0.3) is 0 Å². The van der Waals surface area contributed by atoms with Gasteiger partial charge in [-0.05, 0) is 5.56 Å². The Hall–Kier alpha value is -1.39. The van der Waals surface area contributed by atoms with E-state index in [0.29, 0.717) is 31.9 Å². The van der Waals surface area contributed by atoms with Crippen LogP contribution in [-0.4, -0.2) is 42.9 Å². The number of halogens is 1. The molecule has 4 nitrogen and oxygen atoms in total. The Morgan fingerprint density at radius 2 is 1.78 bits per heavy atom. The summed E-state index contributed by atoms with van der Waals surface area (Å²) in [6.07, 6.45) is 0. The maximum absolute atomic E-state index is 12.0. The molecule has 1 aromatic carbocycles. The lowest BCUT2D eigenvalue weighted by molar-refractivity contribution is -0.147. The van der Waals surface area contributed by atoms with Crippen LogP contribution in [0.15, 0.2) is 30.3 Å². The number of benzene rings is 1. The van der Waals surface area contributed by atoms with E-state index in [9.17, 15) is 9.59 Å². The van der Waals surface area contributed by atoms with Crippen LogP contribution in [0.5, 0.6) is 0 Å². The zero-order valence-corrected chi connectivity index (χ0v) is 10.6. The van der Waals surface area contributed by atoms with Crippen molar-refractivity contribution in [1.29, 1.82) is 0 Å². The first-order valence-electron chi connectivity index (χ1n) is 5.80. The number of ether oxygens (including phenoxy) is 1. The highest BCUT2D eigenvalue weighted by atomic mass is 35.5. The molecule has 1 heterocycles. The average Bonchev–Trinajstić information content (AvgIpc) is 2.47. The molecule has 18 heavy (non-hydrogen) atoms. The third kappa shape index (κ3) is 2.89. The second-order valence-corrected chi connectivity index (χ2v) is 4.48. The van der Waals surface area contributed by atoms with Gasteiger partial charge in [-0.3, -0.25) is 9.59 Å². The highest BCUT2D eigenvalue weighted by Crippen LogP contribution is 2.22. The Morgan fingerprint density at radius 3 is 2.39 bits per heavy atom. The number of carbonyl (C=O) groups excluding carboxylic acids is 2. The fourth-order valence-electron chi connectivity index (χ4n) is 1.80. The SMILES string of the molecule is O=C(C(=O)N1CCOCC1)C(Cl)c1ccccc1. The van der Waals surface area contributed by atoms with Crippen molar-refractivity contribution in [3.8, 4) is 0 Å². The molecular weight excluding hydrogens is 254 g/mol. The van der Waals surface area contributed by atoms with Crippen LogP contribution >= 0.6 is 11.6 Å². The Labute approximate surface area is 110 Å². The highest BCUT2D eigenvalue weighted by molar-refractivity contribution is 6.48. The van der Waals surface area contributed by atoms with Crippen LogP contribution in [0.3, 0.4) is 0 Å². The monoisotopic (exact) mass is 267 g/mol. The first-order valence-corrected chi connectivity index (χ1v) is 6.23. The Bertz CT molecular complexity index is 429. The Morgan fingerprint density at radius 1 is 1.17 bits per heavy atom. The molecule has 5 heteroatoms. The quantitative estimate of drug-likeness (QED) is 0.614. The number of hydrogen-bond acceptors (Lipinski definition) is 3. The maximum Gasteiger partial charge on any atom is 0.292 e. The van der Waals surface area contributed by atoms with Crippen LogP contribution in [-0.2, 0) is 14.3 Å². The van der Waals surface area contributed by atoms with Crippen LogP contribution in [0.2, 0.25) is 0 Å². The third-order valence-electron chi connectivity index (χ3n) is 2.83. The summed E-state index contributed by atoms with van der Waals surface area (Å²) >= 11 is 6.04. The summed E-state index contributed by atoms with van der Waals surface area (Å²) in [4.78, 5) is 25.4. The molecule has 0 aromatic heterocycles. The molecule has 2 rings (SSSR count).